The minimum absolute atomic E-state index is 0.455. The summed E-state index contributed by atoms with van der Waals surface area (Å²) in [5, 5.41) is 49.1. The second-order valence-electron chi connectivity index (χ2n) is 4.51. The first kappa shape index (κ1) is 15.3. The highest BCUT2D eigenvalue weighted by Gasteiger charge is 2.43. The van der Waals surface area contributed by atoms with Gasteiger partial charge in [0.05, 0.1) is 6.61 Å². The lowest BCUT2D eigenvalue weighted by molar-refractivity contribution is -0.231. The van der Waals surface area contributed by atoms with Crippen molar-refractivity contribution in [3.8, 4) is 5.40 Å². The highest BCUT2D eigenvalue weighted by atomic mass is 32.2. The molecule has 2 rings (SSSR count). The zero-order valence-corrected chi connectivity index (χ0v) is 11.3. The van der Waals surface area contributed by atoms with E-state index in [2.05, 4.69) is 0 Å². The van der Waals surface area contributed by atoms with Crippen LogP contribution in [0.3, 0.4) is 0 Å². The lowest BCUT2D eigenvalue weighted by Gasteiger charge is -2.40. The van der Waals surface area contributed by atoms with Crippen molar-refractivity contribution in [3.05, 3.63) is 29.8 Å². The summed E-state index contributed by atoms with van der Waals surface area (Å²) in [4.78, 5) is 0.751. The third-order valence-electron chi connectivity index (χ3n) is 3.26. The zero-order valence-electron chi connectivity index (χ0n) is 10.5. The van der Waals surface area contributed by atoms with Crippen LogP contribution in [0.1, 0.15) is 11.7 Å². The maximum absolute atomic E-state index is 9.97. The van der Waals surface area contributed by atoms with Gasteiger partial charge in [-0.05, 0) is 29.5 Å². The van der Waals surface area contributed by atoms with Crippen LogP contribution in [-0.4, -0.2) is 51.4 Å². The molecule has 0 aliphatic carbocycles. The maximum atomic E-state index is 9.97. The smallest absolute Gasteiger partial charge is 0.138 e. The average Bonchev–Trinajstić information content (AvgIpc) is 2.47. The molecule has 1 aromatic carbocycles. The summed E-state index contributed by atoms with van der Waals surface area (Å²) in [5.41, 5.74) is 0.601. The van der Waals surface area contributed by atoms with Crippen LogP contribution in [0.4, 0.5) is 0 Å². The van der Waals surface area contributed by atoms with E-state index in [1.807, 2.05) is 5.40 Å². The number of nitriles is 1. The predicted molar refractivity (Wildman–Crippen MR) is 70.6 cm³/mol. The number of rotatable bonds is 3. The molecule has 1 aliphatic rings. The highest BCUT2D eigenvalue weighted by molar-refractivity contribution is 8.03. The molecule has 0 bridgehead atoms. The Balaban J connectivity index is 2.20. The van der Waals surface area contributed by atoms with Crippen LogP contribution in [0, 0.1) is 10.7 Å². The molecular formula is C13H15NO5S. The zero-order chi connectivity index (χ0) is 14.7. The first-order chi connectivity index (χ1) is 9.58. The number of thioether (sulfide) groups is 1. The summed E-state index contributed by atoms with van der Waals surface area (Å²) in [6, 6.07) is 6.74. The monoisotopic (exact) mass is 297 g/mol. The van der Waals surface area contributed by atoms with E-state index in [0.29, 0.717) is 5.56 Å². The number of hydrogen-bond acceptors (Lipinski definition) is 7. The minimum atomic E-state index is -1.39. The van der Waals surface area contributed by atoms with E-state index in [4.69, 9.17) is 15.1 Å². The van der Waals surface area contributed by atoms with Crippen LogP contribution in [0.25, 0.3) is 0 Å². The molecule has 1 aromatic rings. The molecule has 0 aromatic heterocycles. The van der Waals surface area contributed by atoms with Gasteiger partial charge in [-0.3, -0.25) is 0 Å². The van der Waals surface area contributed by atoms with Gasteiger partial charge in [-0.1, -0.05) is 12.1 Å². The summed E-state index contributed by atoms with van der Waals surface area (Å²) in [6.45, 7) is -0.455. The number of benzene rings is 1. The van der Waals surface area contributed by atoms with Crippen molar-refractivity contribution >= 4 is 11.8 Å². The lowest BCUT2D eigenvalue weighted by atomic mass is 9.91. The normalized spacial score (nSPS) is 33.6. The second kappa shape index (κ2) is 6.54. The summed E-state index contributed by atoms with van der Waals surface area (Å²) in [6.07, 6.45) is -5.81. The molecule has 1 fully saturated rings. The number of nitrogens with zero attached hydrogens (tertiary/aromatic N) is 1. The molecule has 0 spiro atoms. The molecule has 20 heavy (non-hydrogen) atoms. The fraction of sp³-hybridized carbons (Fsp3) is 0.462. The van der Waals surface area contributed by atoms with Crippen LogP contribution in [-0.2, 0) is 4.74 Å². The standard InChI is InChI=1S/C13H15NO5S/c14-6-20-8-3-1-7(2-4-8)13-12(18)11(17)10(16)9(5-15)19-13/h1-4,9-13,15-18H,5H2/t9?,10-,11-,12?,13+/m1/s1. The average molecular weight is 297 g/mol. The van der Waals surface area contributed by atoms with Gasteiger partial charge in [0.1, 0.15) is 35.9 Å². The molecule has 1 heterocycles. The Morgan fingerprint density at radius 1 is 1.10 bits per heavy atom. The van der Waals surface area contributed by atoms with E-state index >= 15 is 0 Å². The predicted octanol–water partition coefficient (Wildman–Crippen LogP) is -0.225. The van der Waals surface area contributed by atoms with Crippen molar-refractivity contribution in [1.82, 2.24) is 0 Å². The van der Waals surface area contributed by atoms with Gasteiger partial charge in [-0.25, -0.2) is 0 Å². The van der Waals surface area contributed by atoms with Gasteiger partial charge in [-0.2, -0.15) is 5.26 Å². The van der Waals surface area contributed by atoms with Crippen molar-refractivity contribution in [3.63, 3.8) is 0 Å². The lowest BCUT2D eigenvalue weighted by Crippen LogP contribution is -2.55. The molecule has 0 radical (unpaired) electrons. The fourth-order valence-electron chi connectivity index (χ4n) is 2.16. The summed E-state index contributed by atoms with van der Waals surface area (Å²) >= 11 is 1.01. The molecule has 0 saturated carbocycles. The number of aliphatic hydroxyl groups excluding tert-OH is 4. The van der Waals surface area contributed by atoms with Gasteiger partial charge in [0, 0.05) is 4.90 Å². The van der Waals surface area contributed by atoms with Crippen molar-refractivity contribution in [2.24, 2.45) is 0 Å². The summed E-state index contributed by atoms with van der Waals surface area (Å²) < 4.78 is 5.43. The van der Waals surface area contributed by atoms with Crippen molar-refractivity contribution in [2.45, 2.75) is 35.4 Å². The Kier molecular flexibility index (Phi) is 4.99. The Hall–Kier alpha value is -1.14. The largest absolute Gasteiger partial charge is 0.394 e. The van der Waals surface area contributed by atoms with Gasteiger partial charge in [0.15, 0.2) is 0 Å². The highest BCUT2D eigenvalue weighted by Crippen LogP contribution is 2.33. The van der Waals surface area contributed by atoms with E-state index in [1.165, 1.54) is 0 Å². The molecule has 1 saturated heterocycles. The van der Waals surface area contributed by atoms with Gasteiger partial charge in [0.25, 0.3) is 0 Å². The van der Waals surface area contributed by atoms with Gasteiger partial charge >= 0.3 is 0 Å². The van der Waals surface area contributed by atoms with Crippen LogP contribution in [0.5, 0.6) is 0 Å². The van der Waals surface area contributed by atoms with Crippen LogP contribution in [0.2, 0.25) is 0 Å². The molecule has 6 nitrogen and oxygen atoms in total. The first-order valence-corrected chi connectivity index (χ1v) is 6.86. The number of ether oxygens (including phenoxy) is 1. The van der Waals surface area contributed by atoms with E-state index in [-0.39, 0.29) is 0 Å². The Labute approximate surface area is 120 Å². The van der Waals surface area contributed by atoms with Crippen LogP contribution < -0.4 is 0 Å². The van der Waals surface area contributed by atoms with Crippen molar-refractivity contribution in [1.29, 1.82) is 5.26 Å². The topological polar surface area (TPSA) is 114 Å². The second-order valence-corrected chi connectivity index (χ2v) is 5.37. The fourth-order valence-corrected chi connectivity index (χ4v) is 2.53. The SMILES string of the molecule is N#CSc1ccc([C@@H]2OC(CO)[C@@H](O)[C@@H](O)C2O)cc1. The number of thiocyanates is 1. The third-order valence-corrected chi connectivity index (χ3v) is 3.86. The van der Waals surface area contributed by atoms with Gasteiger partial charge in [0.2, 0.25) is 0 Å². The van der Waals surface area contributed by atoms with E-state index < -0.39 is 37.1 Å². The molecule has 4 N–H and O–H groups in total. The first-order valence-electron chi connectivity index (χ1n) is 6.05. The molecule has 0 amide bonds. The Morgan fingerprint density at radius 2 is 1.75 bits per heavy atom. The maximum Gasteiger partial charge on any atom is 0.138 e. The summed E-state index contributed by atoms with van der Waals surface area (Å²) in [5.74, 6) is 0. The quantitative estimate of drug-likeness (QED) is 0.450. The van der Waals surface area contributed by atoms with E-state index in [0.717, 1.165) is 16.7 Å². The molecular weight excluding hydrogens is 282 g/mol. The van der Waals surface area contributed by atoms with Crippen LogP contribution >= 0.6 is 11.8 Å². The number of hydrogen-bond donors (Lipinski definition) is 4. The molecule has 2 unspecified atom stereocenters. The van der Waals surface area contributed by atoms with Crippen LogP contribution in [0.15, 0.2) is 29.2 Å². The van der Waals surface area contributed by atoms with Crippen molar-refractivity contribution in [2.75, 3.05) is 6.61 Å². The molecule has 108 valence electrons. The Bertz CT molecular complexity index is 487. The molecule has 7 heteroatoms. The minimum Gasteiger partial charge on any atom is -0.394 e. The third kappa shape index (κ3) is 2.96. The Morgan fingerprint density at radius 3 is 2.30 bits per heavy atom. The molecule has 1 aliphatic heterocycles. The number of aliphatic hydroxyl groups is 4. The molecule has 5 atom stereocenters. The summed E-state index contributed by atoms with van der Waals surface area (Å²) in [7, 11) is 0. The van der Waals surface area contributed by atoms with Crippen molar-refractivity contribution < 1.29 is 25.2 Å². The van der Waals surface area contributed by atoms with E-state index in [9.17, 15) is 15.3 Å². The van der Waals surface area contributed by atoms with Gasteiger partial charge < -0.3 is 25.2 Å². The van der Waals surface area contributed by atoms with E-state index in [1.54, 1.807) is 24.3 Å². The van der Waals surface area contributed by atoms with Gasteiger partial charge in [-0.15, -0.1) is 0 Å².